The minimum Gasteiger partial charge on any atom is -0.354 e. The van der Waals surface area contributed by atoms with Crippen molar-refractivity contribution >= 4 is 51.1 Å². The molecule has 0 saturated heterocycles. The second kappa shape index (κ2) is 11.5. The van der Waals surface area contributed by atoms with Crippen molar-refractivity contribution in [1.29, 1.82) is 0 Å². The van der Waals surface area contributed by atoms with Crippen molar-refractivity contribution in [3.05, 3.63) is 101 Å². The number of benzene rings is 3. The monoisotopic (exact) mass is 511 g/mol. The Bertz CT molecular complexity index is 1430. The quantitative estimate of drug-likeness (QED) is 0.135. The number of nitrogens with zero attached hydrogens (tertiary/aromatic N) is 3. The molecule has 182 valence electrons. The first-order chi connectivity index (χ1) is 17.6. The van der Waals surface area contributed by atoms with Gasteiger partial charge in [0, 0.05) is 23.9 Å². The molecule has 0 fully saturated rings. The van der Waals surface area contributed by atoms with Crippen LogP contribution < -0.4 is 10.6 Å². The van der Waals surface area contributed by atoms with Gasteiger partial charge in [0.25, 0.3) is 0 Å². The Morgan fingerprint density at radius 1 is 0.833 bits per heavy atom. The van der Waals surface area contributed by atoms with Crippen molar-refractivity contribution in [3.63, 3.8) is 0 Å². The van der Waals surface area contributed by atoms with Crippen molar-refractivity contribution in [2.75, 3.05) is 17.2 Å². The maximum atomic E-state index is 4.80. The summed E-state index contributed by atoms with van der Waals surface area (Å²) in [6.07, 6.45) is 3.73. The molecule has 36 heavy (non-hydrogen) atoms. The number of hydrogen-bond donors (Lipinski definition) is 3. The largest absolute Gasteiger partial charge is 0.354 e. The van der Waals surface area contributed by atoms with Gasteiger partial charge in [-0.15, -0.1) is 12.6 Å². The van der Waals surface area contributed by atoms with Crippen LogP contribution in [-0.4, -0.2) is 21.5 Å². The minimum atomic E-state index is 0.631. The van der Waals surface area contributed by atoms with Crippen LogP contribution in [0.4, 0.5) is 16.9 Å². The van der Waals surface area contributed by atoms with Crippen LogP contribution in [0.15, 0.2) is 83.8 Å². The molecule has 3 aromatic carbocycles. The smallest absolute Gasteiger partial charge is 0.224 e. The summed E-state index contributed by atoms with van der Waals surface area (Å²) in [7, 11) is 0. The normalized spacial score (nSPS) is 11.1. The molecule has 0 aliphatic rings. The van der Waals surface area contributed by atoms with E-state index in [2.05, 4.69) is 84.8 Å². The second-order valence-corrected chi connectivity index (χ2v) is 10.3. The minimum absolute atomic E-state index is 0.631. The number of aryl methyl sites for hydroxylation is 2. The van der Waals surface area contributed by atoms with E-state index in [1.165, 1.54) is 21.4 Å². The summed E-state index contributed by atoms with van der Waals surface area (Å²) in [5.41, 5.74) is 5.80. The molecule has 2 heterocycles. The van der Waals surface area contributed by atoms with Gasteiger partial charge in [0.15, 0.2) is 5.13 Å². The lowest BCUT2D eigenvalue weighted by atomic mass is 10.1. The number of hydrogen-bond acceptors (Lipinski definition) is 7. The predicted octanol–water partition coefficient (Wildman–Crippen LogP) is 7.32. The Balaban J connectivity index is 1.32. The van der Waals surface area contributed by atoms with Crippen molar-refractivity contribution in [2.45, 2.75) is 37.5 Å². The lowest BCUT2D eigenvalue weighted by Gasteiger charge is -2.11. The van der Waals surface area contributed by atoms with Gasteiger partial charge in [-0.2, -0.15) is 4.98 Å². The van der Waals surface area contributed by atoms with E-state index in [1.807, 2.05) is 24.3 Å². The van der Waals surface area contributed by atoms with Crippen molar-refractivity contribution < 1.29 is 0 Å². The molecule has 2 N–H and O–H groups in total. The molecule has 5 aromatic rings. The first kappa shape index (κ1) is 24.3. The Hall–Kier alpha value is -3.42. The summed E-state index contributed by atoms with van der Waals surface area (Å²) in [6.45, 7) is 2.96. The van der Waals surface area contributed by atoms with Gasteiger partial charge in [-0.05, 0) is 60.2 Å². The molecular weight excluding hydrogens is 482 g/mol. The van der Waals surface area contributed by atoms with E-state index in [1.54, 1.807) is 11.3 Å². The van der Waals surface area contributed by atoms with Gasteiger partial charge in [-0.25, -0.2) is 9.97 Å². The molecule has 0 spiro atoms. The summed E-state index contributed by atoms with van der Waals surface area (Å²) >= 11 is 6.01. The highest BCUT2D eigenvalue weighted by Crippen LogP contribution is 2.29. The highest BCUT2D eigenvalue weighted by molar-refractivity contribution is 7.80. The topological polar surface area (TPSA) is 62.7 Å². The van der Waals surface area contributed by atoms with Gasteiger partial charge in [0.05, 0.1) is 15.9 Å². The van der Waals surface area contributed by atoms with Crippen LogP contribution in [0.5, 0.6) is 0 Å². The summed E-state index contributed by atoms with van der Waals surface area (Å²) in [6, 6.07) is 27.2. The van der Waals surface area contributed by atoms with E-state index in [9.17, 15) is 0 Å². The van der Waals surface area contributed by atoms with Gasteiger partial charge >= 0.3 is 0 Å². The number of fused-ring (bicyclic) bond motifs is 1. The zero-order valence-corrected chi connectivity index (χ0v) is 21.9. The lowest BCUT2D eigenvalue weighted by Crippen LogP contribution is -2.09. The fourth-order valence-electron chi connectivity index (χ4n) is 4.04. The molecule has 2 aromatic heterocycles. The standard InChI is InChI=1S/C29H29N5S2/c1-2-20-12-15-25-26(18-20)36-29(32-25)34-27-19-23(17-22-7-4-3-5-8-22)31-28(33-27)30-16-6-9-21-10-13-24(35)14-11-21/h3-5,7-8,10-15,18-19,35H,2,6,9,16-17H2,1H3,(H2,30,31,32,33,34). The molecule has 0 radical (unpaired) electrons. The zero-order chi connectivity index (χ0) is 24.7. The number of nitrogens with one attached hydrogen (secondary N) is 2. The highest BCUT2D eigenvalue weighted by Gasteiger charge is 2.10. The number of thiazole rings is 1. The van der Waals surface area contributed by atoms with Crippen LogP contribution in [0, 0.1) is 0 Å². The summed E-state index contributed by atoms with van der Waals surface area (Å²) in [5.74, 6) is 1.38. The number of aromatic nitrogens is 3. The first-order valence-corrected chi connectivity index (χ1v) is 13.5. The van der Waals surface area contributed by atoms with Gasteiger partial charge in [-0.1, -0.05) is 66.8 Å². The Morgan fingerprint density at radius 2 is 1.64 bits per heavy atom. The Morgan fingerprint density at radius 3 is 2.44 bits per heavy atom. The third kappa shape index (κ3) is 6.42. The highest BCUT2D eigenvalue weighted by atomic mass is 32.1. The third-order valence-corrected chi connectivity index (χ3v) is 7.20. The van der Waals surface area contributed by atoms with E-state index in [-0.39, 0.29) is 0 Å². The van der Waals surface area contributed by atoms with Crippen molar-refractivity contribution in [2.24, 2.45) is 0 Å². The molecule has 0 unspecified atom stereocenters. The molecule has 0 aliphatic carbocycles. The van der Waals surface area contributed by atoms with Crippen molar-refractivity contribution in [1.82, 2.24) is 15.0 Å². The van der Waals surface area contributed by atoms with Crippen LogP contribution in [0.3, 0.4) is 0 Å². The molecule has 0 saturated carbocycles. The fraction of sp³-hybridized carbons (Fsp3) is 0.207. The van der Waals surface area contributed by atoms with Crippen LogP contribution in [0.1, 0.15) is 35.7 Å². The molecule has 7 heteroatoms. The van der Waals surface area contributed by atoms with E-state index in [4.69, 9.17) is 15.0 Å². The van der Waals surface area contributed by atoms with Gasteiger partial charge in [0.1, 0.15) is 5.82 Å². The van der Waals surface area contributed by atoms with E-state index in [0.29, 0.717) is 5.95 Å². The fourth-order valence-corrected chi connectivity index (χ4v) is 5.13. The average molecular weight is 512 g/mol. The van der Waals surface area contributed by atoms with E-state index >= 15 is 0 Å². The maximum absolute atomic E-state index is 4.80. The van der Waals surface area contributed by atoms with Crippen LogP contribution in [0.2, 0.25) is 0 Å². The lowest BCUT2D eigenvalue weighted by molar-refractivity contribution is 0.849. The molecule has 5 rings (SSSR count). The molecule has 0 atom stereocenters. The zero-order valence-electron chi connectivity index (χ0n) is 20.2. The summed E-state index contributed by atoms with van der Waals surface area (Å²) in [5, 5.41) is 7.69. The molecule has 0 aliphatic heterocycles. The predicted molar refractivity (Wildman–Crippen MR) is 154 cm³/mol. The number of anilines is 3. The van der Waals surface area contributed by atoms with Gasteiger partial charge in [0.2, 0.25) is 5.95 Å². The van der Waals surface area contributed by atoms with E-state index < -0.39 is 0 Å². The SMILES string of the molecule is CCc1ccc2nc(Nc3cc(Cc4ccccc4)nc(NCCCc4ccc(S)cc4)n3)sc2c1. The second-order valence-electron chi connectivity index (χ2n) is 8.73. The number of rotatable bonds is 10. The Labute approximate surface area is 221 Å². The van der Waals surface area contributed by atoms with E-state index in [0.717, 1.165) is 59.3 Å². The van der Waals surface area contributed by atoms with Crippen molar-refractivity contribution in [3.8, 4) is 0 Å². The summed E-state index contributed by atoms with van der Waals surface area (Å²) in [4.78, 5) is 15.3. The maximum Gasteiger partial charge on any atom is 0.224 e. The third-order valence-electron chi connectivity index (χ3n) is 5.97. The molecule has 5 nitrogen and oxygen atoms in total. The molecule has 0 amide bonds. The van der Waals surface area contributed by atoms with Crippen LogP contribution in [-0.2, 0) is 19.3 Å². The summed E-state index contributed by atoms with van der Waals surface area (Å²) < 4.78 is 1.18. The van der Waals surface area contributed by atoms with Crippen LogP contribution in [0.25, 0.3) is 10.2 Å². The molecule has 0 bridgehead atoms. The Kier molecular flexibility index (Phi) is 7.79. The number of thiol groups is 1. The van der Waals surface area contributed by atoms with Crippen LogP contribution >= 0.6 is 24.0 Å². The average Bonchev–Trinajstić information content (AvgIpc) is 3.29. The first-order valence-electron chi connectivity index (χ1n) is 12.2. The van der Waals surface area contributed by atoms with Gasteiger partial charge < -0.3 is 10.6 Å². The van der Waals surface area contributed by atoms with Gasteiger partial charge in [-0.3, -0.25) is 0 Å². The molecular formula is C29H29N5S2.